The molecule has 0 aliphatic rings. The second-order valence-corrected chi connectivity index (χ2v) is 5.25. The first kappa shape index (κ1) is 16.2. The van der Waals surface area contributed by atoms with Gasteiger partial charge in [0.15, 0.2) is 0 Å². The lowest BCUT2D eigenvalue weighted by Gasteiger charge is -2.33. The minimum atomic E-state index is -0.477. The molecule has 0 heterocycles. The Kier molecular flexibility index (Phi) is 6.49. The molecule has 0 aromatic heterocycles. The van der Waals surface area contributed by atoms with E-state index < -0.39 is 6.10 Å². The Labute approximate surface area is 117 Å². The number of aliphatic hydroxyl groups excluding tert-OH is 1. The molecule has 3 unspecified atom stereocenters. The Bertz CT molecular complexity index is 364. The highest BCUT2D eigenvalue weighted by Gasteiger charge is 2.23. The Morgan fingerprint density at radius 2 is 1.79 bits per heavy atom. The molecule has 0 aliphatic carbocycles. The lowest BCUT2D eigenvalue weighted by molar-refractivity contribution is 0.0280. The normalized spacial score (nSPS) is 16.4. The molecule has 0 bridgehead atoms. The van der Waals surface area contributed by atoms with E-state index >= 15 is 0 Å². The Hall–Kier alpha value is -0.900. The van der Waals surface area contributed by atoms with E-state index in [1.807, 2.05) is 26.1 Å². The van der Waals surface area contributed by atoms with E-state index in [1.54, 1.807) is 7.11 Å². The minimum absolute atomic E-state index is 0.0534. The number of hydrogen-bond donors (Lipinski definition) is 1. The van der Waals surface area contributed by atoms with Crippen LogP contribution in [0.4, 0.5) is 0 Å². The second kappa shape index (κ2) is 7.63. The summed E-state index contributed by atoms with van der Waals surface area (Å²) in [6.07, 6.45) is 0.548. The molecule has 0 amide bonds. The highest BCUT2D eigenvalue weighted by atomic mass is 16.5. The molecule has 0 spiro atoms. The quantitative estimate of drug-likeness (QED) is 0.822. The number of ether oxygens (including phenoxy) is 1. The highest BCUT2D eigenvalue weighted by molar-refractivity contribution is 5.24. The topological polar surface area (TPSA) is 32.7 Å². The van der Waals surface area contributed by atoms with Gasteiger partial charge >= 0.3 is 0 Å². The smallest absolute Gasteiger partial charge is 0.0942 e. The predicted octanol–water partition coefficient (Wildman–Crippen LogP) is 2.64. The number of aliphatic hydroxyl groups is 1. The minimum Gasteiger partial charge on any atom is -0.387 e. The fourth-order valence-electron chi connectivity index (χ4n) is 2.21. The SMILES string of the molecule is CCc1ccc(C(O)C(C)N(C)C(C)COC)cc1. The third-order valence-electron chi connectivity index (χ3n) is 3.93. The summed E-state index contributed by atoms with van der Waals surface area (Å²) in [5.41, 5.74) is 2.27. The number of likely N-dealkylation sites (N-methyl/N-ethyl adjacent to an activating group) is 1. The van der Waals surface area contributed by atoms with E-state index in [2.05, 4.69) is 30.9 Å². The predicted molar refractivity (Wildman–Crippen MR) is 79.3 cm³/mol. The van der Waals surface area contributed by atoms with Gasteiger partial charge in [-0.3, -0.25) is 4.90 Å². The Morgan fingerprint density at radius 1 is 1.21 bits per heavy atom. The average Bonchev–Trinajstić information content (AvgIpc) is 2.45. The standard InChI is InChI=1S/C16H27NO2/c1-6-14-7-9-15(10-8-14)16(18)13(3)17(4)12(2)11-19-5/h7-10,12-13,16,18H,6,11H2,1-5H3. The molecule has 3 heteroatoms. The maximum atomic E-state index is 10.5. The number of nitrogens with zero attached hydrogens (tertiary/aromatic N) is 1. The number of methoxy groups -OCH3 is 1. The van der Waals surface area contributed by atoms with Gasteiger partial charge in [-0.25, -0.2) is 0 Å². The van der Waals surface area contributed by atoms with Gasteiger partial charge in [-0.15, -0.1) is 0 Å². The van der Waals surface area contributed by atoms with E-state index in [0.29, 0.717) is 6.61 Å². The molecule has 1 rings (SSSR count). The van der Waals surface area contributed by atoms with Crippen LogP contribution < -0.4 is 0 Å². The molecule has 0 aliphatic heterocycles. The molecule has 0 fully saturated rings. The summed E-state index contributed by atoms with van der Waals surface area (Å²) in [4.78, 5) is 2.15. The van der Waals surface area contributed by atoms with E-state index in [1.165, 1.54) is 5.56 Å². The Morgan fingerprint density at radius 3 is 2.26 bits per heavy atom. The summed E-state index contributed by atoms with van der Waals surface area (Å²) in [5.74, 6) is 0. The van der Waals surface area contributed by atoms with Crippen LogP contribution in [0.3, 0.4) is 0 Å². The van der Waals surface area contributed by atoms with Crippen molar-refractivity contribution < 1.29 is 9.84 Å². The molecular weight excluding hydrogens is 238 g/mol. The van der Waals surface area contributed by atoms with Crippen LogP contribution in [-0.4, -0.2) is 42.9 Å². The summed E-state index contributed by atoms with van der Waals surface area (Å²) in [7, 11) is 3.73. The molecule has 1 N–H and O–H groups in total. The fourth-order valence-corrected chi connectivity index (χ4v) is 2.21. The van der Waals surface area contributed by atoms with E-state index in [-0.39, 0.29) is 12.1 Å². The summed E-state index contributed by atoms with van der Waals surface area (Å²) >= 11 is 0. The highest BCUT2D eigenvalue weighted by Crippen LogP contribution is 2.22. The fraction of sp³-hybridized carbons (Fsp3) is 0.625. The van der Waals surface area contributed by atoms with Gasteiger partial charge in [0, 0.05) is 19.2 Å². The van der Waals surface area contributed by atoms with Crippen molar-refractivity contribution in [1.29, 1.82) is 0 Å². The van der Waals surface area contributed by atoms with Crippen LogP contribution in [0.2, 0.25) is 0 Å². The zero-order chi connectivity index (χ0) is 14.4. The third-order valence-corrected chi connectivity index (χ3v) is 3.93. The van der Waals surface area contributed by atoms with Gasteiger partial charge in [0.05, 0.1) is 12.7 Å². The molecule has 108 valence electrons. The molecule has 1 aromatic rings. The molecule has 3 nitrogen and oxygen atoms in total. The van der Waals surface area contributed by atoms with Crippen LogP contribution in [0.1, 0.15) is 38.0 Å². The monoisotopic (exact) mass is 265 g/mol. The summed E-state index contributed by atoms with van der Waals surface area (Å²) in [5, 5.41) is 10.5. The van der Waals surface area contributed by atoms with Crippen molar-refractivity contribution >= 4 is 0 Å². The number of benzene rings is 1. The van der Waals surface area contributed by atoms with Crippen LogP contribution in [0, 0.1) is 0 Å². The number of hydrogen-bond acceptors (Lipinski definition) is 3. The van der Waals surface area contributed by atoms with Gasteiger partial charge in [0.25, 0.3) is 0 Å². The van der Waals surface area contributed by atoms with Crippen molar-refractivity contribution in [2.24, 2.45) is 0 Å². The first-order valence-electron chi connectivity index (χ1n) is 6.99. The largest absolute Gasteiger partial charge is 0.387 e. The van der Waals surface area contributed by atoms with Crippen LogP contribution >= 0.6 is 0 Å². The lowest BCUT2D eigenvalue weighted by Crippen LogP contribution is -2.42. The summed E-state index contributed by atoms with van der Waals surface area (Å²) < 4.78 is 5.17. The van der Waals surface area contributed by atoms with Crippen LogP contribution in [0.25, 0.3) is 0 Å². The first-order chi connectivity index (χ1) is 9.01. The van der Waals surface area contributed by atoms with E-state index in [9.17, 15) is 5.11 Å². The van der Waals surface area contributed by atoms with Crippen molar-refractivity contribution in [2.75, 3.05) is 20.8 Å². The van der Waals surface area contributed by atoms with Crippen molar-refractivity contribution in [3.05, 3.63) is 35.4 Å². The molecule has 1 aromatic carbocycles. The first-order valence-corrected chi connectivity index (χ1v) is 6.99. The summed E-state index contributed by atoms with van der Waals surface area (Å²) in [6.45, 7) is 6.95. The van der Waals surface area contributed by atoms with E-state index in [4.69, 9.17) is 4.74 Å². The van der Waals surface area contributed by atoms with Gasteiger partial charge in [-0.2, -0.15) is 0 Å². The molecule has 0 saturated heterocycles. The van der Waals surface area contributed by atoms with Gasteiger partial charge < -0.3 is 9.84 Å². The summed E-state index contributed by atoms with van der Waals surface area (Å²) in [6, 6.07) is 8.55. The maximum Gasteiger partial charge on any atom is 0.0942 e. The van der Waals surface area contributed by atoms with Gasteiger partial charge in [0.2, 0.25) is 0 Å². The van der Waals surface area contributed by atoms with Gasteiger partial charge in [-0.1, -0.05) is 31.2 Å². The van der Waals surface area contributed by atoms with Crippen LogP contribution in [-0.2, 0) is 11.2 Å². The third kappa shape index (κ3) is 4.30. The van der Waals surface area contributed by atoms with Crippen LogP contribution in [0.15, 0.2) is 24.3 Å². The lowest BCUT2D eigenvalue weighted by atomic mass is 10.00. The van der Waals surface area contributed by atoms with Crippen LogP contribution in [0.5, 0.6) is 0 Å². The molecule has 0 saturated carbocycles. The maximum absolute atomic E-state index is 10.5. The average molecular weight is 265 g/mol. The number of rotatable bonds is 7. The molecular formula is C16H27NO2. The molecule has 3 atom stereocenters. The molecule has 19 heavy (non-hydrogen) atoms. The van der Waals surface area contributed by atoms with Crippen molar-refractivity contribution in [3.63, 3.8) is 0 Å². The van der Waals surface area contributed by atoms with E-state index in [0.717, 1.165) is 12.0 Å². The zero-order valence-corrected chi connectivity index (χ0v) is 12.8. The number of aryl methyl sites for hydroxylation is 1. The van der Waals surface area contributed by atoms with Crippen molar-refractivity contribution in [3.8, 4) is 0 Å². The molecule has 0 radical (unpaired) electrons. The van der Waals surface area contributed by atoms with Crippen molar-refractivity contribution in [2.45, 2.75) is 45.4 Å². The second-order valence-electron chi connectivity index (χ2n) is 5.25. The van der Waals surface area contributed by atoms with Gasteiger partial charge in [-0.05, 0) is 38.4 Å². The van der Waals surface area contributed by atoms with Gasteiger partial charge in [0.1, 0.15) is 0 Å². The zero-order valence-electron chi connectivity index (χ0n) is 12.8. The van der Waals surface area contributed by atoms with Crippen molar-refractivity contribution in [1.82, 2.24) is 4.90 Å². The Balaban J connectivity index is 2.71.